The predicted octanol–water partition coefficient (Wildman–Crippen LogP) is 5.08. The van der Waals surface area contributed by atoms with E-state index in [4.69, 9.17) is 9.47 Å². The number of methoxy groups -OCH3 is 2. The third-order valence-electron chi connectivity index (χ3n) is 4.87. The maximum absolute atomic E-state index is 5.34. The van der Waals surface area contributed by atoms with E-state index < -0.39 is 0 Å². The van der Waals surface area contributed by atoms with Crippen molar-refractivity contribution in [1.29, 1.82) is 0 Å². The highest BCUT2D eigenvalue weighted by Crippen LogP contribution is 2.38. The van der Waals surface area contributed by atoms with Crippen molar-refractivity contribution in [2.24, 2.45) is 0 Å². The summed E-state index contributed by atoms with van der Waals surface area (Å²) in [6.45, 7) is 14.8. The second-order valence-electron chi connectivity index (χ2n) is 7.74. The molecule has 1 aromatic carbocycles. The lowest BCUT2D eigenvalue weighted by molar-refractivity contribution is 0.169. The monoisotopic (exact) mass is 319 g/mol. The minimum absolute atomic E-state index is 0.0901. The van der Waals surface area contributed by atoms with Crippen LogP contribution in [0.4, 0.5) is 0 Å². The summed E-state index contributed by atoms with van der Waals surface area (Å²) in [5.41, 5.74) is 4.45. The van der Waals surface area contributed by atoms with Gasteiger partial charge in [-0.2, -0.15) is 0 Å². The Labute approximate surface area is 143 Å². The average Bonchev–Trinajstić information content (AvgIpc) is 2.51. The molecule has 0 aliphatic heterocycles. The average molecular weight is 320 g/mol. The number of ether oxygens (including phenoxy) is 2. The zero-order valence-corrected chi connectivity index (χ0v) is 16.0. The first-order valence-corrected chi connectivity index (χ1v) is 8.69. The molecule has 0 aliphatic rings. The summed E-state index contributed by atoms with van der Waals surface area (Å²) >= 11 is 0. The molecule has 0 atom stereocenters. The molecule has 1 rings (SSSR count). The molecular weight excluding hydrogens is 284 g/mol. The van der Waals surface area contributed by atoms with E-state index in [2.05, 4.69) is 52.8 Å². The van der Waals surface area contributed by atoms with E-state index in [-0.39, 0.29) is 10.8 Å². The highest BCUT2D eigenvalue weighted by atomic mass is 16.5. The molecule has 1 aromatic rings. The highest BCUT2D eigenvalue weighted by molar-refractivity contribution is 5.41. The van der Waals surface area contributed by atoms with Gasteiger partial charge in [-0.05, 0) is 53.2 Å². The molecule has 0 aliphatic carbocycles. The van der Waals surface area contributed by atoms with E-state index in [9.17, 15) is 0 Å². The summed E-state index contributed by atoms with van der Waals surface area (Å²) in [5, 5.41) is 0. The standard InChI is InChI=1S/C21H35O2/c1-8-9-17-10-11-18(20(2,3)12-14-22-6)19(16-17)21(4,5)13-15-23-7/h10-11,16H,1,8-9,12-15H2,2-7H3. The molecule has 0 N–H and O–H groups in total. The summed E-state index contributed by atoms with van der Waals surface area (Å²) in [4.78, 5) is 0. The van der Waals surface area contributed by atoms with Crippen LogP contribution in [0.25, 0.3) is 0 Å². The molecule has 0 amide bonds. The largest absolute Gasteiger partial charge is 0.385 e. The van der Waals surface area contributed by atoms with Crippen LogP contribution in [0.3, 0.4) is 0 Å². The van der Waals surface area contributed by atoms with Crippen molar-refractivity contribution in [2.75, 3.05) is 27.4 Å². The Morgan fingerprint density at radius 3 is 1.87 bits per heavy atom. The molecular formula is C21H35O2. The quantitative estimate of drug-likeness (QED) is 0.598. The summed E-state index contributed by atoms with van der Waals surface area (Å²) in [5.74, 6) is 0. The molecule has 0 aromatic heterocycles. The third-order valence-corrected chi connectivity index (χ3v) is 4.87. The smallest absolute Gasteiger partial charge is 0.0470 e. The molecule has 0 saturated heterocycles. The number of benzene rings is 1. The number of hydrogen-bond donors (Lipinski definition) is 0. The van der Waals surface area contributed by atoms with Crippen molar-refractivity contribution in [2.45, 2.75) is 64.2 Å². The second kappa shape index (κ2) is 8.84. The molecule has 1 radical (unpaired) electrons. The van der Waals surface area contributed by atoms with Gasteiger partial charge in [0.2, 0.25) is 0 Å². The van der Waals surface area contributed by atoms with Gasteiger partial charge in [0.05, 0.1) is 0 Å². The molecule has 0 spiro atoms. The fraction of sp³-hybridized carbons (Fsp3) is 0.667. The van der Waals surface area contributed by atoms with Crippen molar-refractivity contribution >= 4 is 0 Å². The van der Waals surface area contributed by atoms with Gasteiger partial charge in [0, 0.05) is 27.4 Å². The molecule has 131 valence electrons. The van der Waals surface area contributed by atoms with Gasteiger partial charge in [-0.1, -0.05) is 52.8 Å². The van der Waals surface area contributed by atoms with E-state index in [0.717, 1.165) is 38.9 Å². The normalized spacial score (nSPS) is 12.7. The Morgan fingerprint density at radius 2 is 1.39 bits per heavy atom. The minimum Gasteiger partial charge on any atom is -0.385 e. The van der Waals surface area contributed by atoms with Crippen LogP contribution in [0.2, 0.25) is 0 Å². The Balaban J connectivity index is 3.28. The van der Waals surface area contributed by atoms with E-state index >= 15 is 0 Å². The summed E-state index contributed by atoms with van der Waals surface area (Å²) in [7, 11) is 3.55. The van der Waals surface area contributed by atoms with Gasteiger partial charge in [0.25, 0.3) is 0 Å². The van der Waals surface area contributed by atoms with Crippen LogP contribution in [-0.2, 0) is 26.7 Å². The molecule has 23 heavy (non-hydrogen) atoms. The molecule has 2 nitrogen and oxygen atoms in total. The zero-order valence-electron chi connectivity index (χ0n) is 16.0. The first-order chi connectivity index (χ1) is 10.8. The van der Waals surface area contributed by atoms with Crippen molar-refractivity contribution in [1.82, 2.24) is 0 Å². The van der Waals surface area contributed by atoms with Crippen LogP contribution >= 0.6 is 0 Å². The SMILES string of the molecule is [CH2]CCc1ccc(C(C)(C)CCOC)c(C(C)(C)CCOC)c1. The molecule has 0 fully saturated rings. The minimum atomic E-state index is 0.0901. The lowest BCUT2D eigenvalue weighted by Gasteiger charge is -2.35. The Bertz CT molecular complexity index is 475. The second-order valence-corrected chi connectivity index (χ2v) is 7.74. The van der Waals surface area contributed by atoms with Crippen LogP contribution in [0.5, 0.6) is 0 Å². The van der Waals surface area contributed by atoms with E-state index in [1.165, 1.54) is 16.7 Å². The van der Waals surface area contributed by atoms with E-state index in [1.54, 1.807) is 14.2 Å². The van der Waals surface area contributed by atoms with Gasteiger partial charge in [0.15, 0.2) is 0 Å². The summed E-state index contributed by atoms with van der Waals surface area (Å²) < 4.78 is 10.7. The third kappa shape index (κ3) is 5.61. The van der Waals surface area contributed by atoms with Crippen LogP contribution in [-0.4, -0.2) is 27.4 Å². The van der Waals surface area contributed by atoms with Gasteiger partial charge < -0.3 is 9.47 Å². The van der Waals surface area contributed by atoms with Crippen LogP contribution < -0.4 is 0 Å². The lowest BCUT2D eigenvalue weighted by atomic mass is 9.70. The topological polar surface area (TPSA) is 18.5 Å². The summed E-state index contributed by atoms with van der Waals surface area (Å²) in [6.07, 6.45) is 4.01. The molecule has 0 unspecified atom stereocenters. The summed E-state index contributed by atoms with van der Waals surface area (Å²) in [6, 6.07) is 6.99. The van der Waals surface area contributed by atoms with Crippen molar-refractivity contribution in [3.63, 3.8) is 0 Å². The number of rotatable bonds is 10. The van der Waals surface area contributed by atoms with Gasteiger partial charge in [-0.15, -0.1) is 0 Å². The predicted molar refractivity (Wildman–Crippen MR) is 99.2 cm³/mol. The van der Waals surface area contributed by atoms with Crippen molar-refractivity contribution < 1.29 is 9.47 Å². The molecule has 0 bridgehead atoms. The van der Waals surface area contributed by atoms with E-state index in [0.29, 0.717) is 0 Å². The highest BCUT2D eigenvalue weighted by Gasteiger charge is 2.30. The van der Waals surface area contributed by atoms with E-state index in [1.807, 2.05) is 0 Å². The maximum Gasteiger partial charge on any atom is 0.0470 e. The van der Waals surface area contributed by atoms with Crippen LogP contribution in [0.1, 0.15) is 63.6 Å². The van der Waals surface area contributed by atoms with Gasteiger partial charge >= 0.3 is 0 Å². The van der Waals surface area contributed by atoms with Crippen molar-refractivity contribution in [3.8, 4) is 0 Å². The van der Waals surface area contributed by atoms with Gasteiger partial charge in [-0.3, -0.25) is 0 Å². The molecule has 0 saturated carbocycles. The van der Waals surface area contributed by atoms with Gasteiger partial charge in [-0.25, -0.2) is 0 Å². The lowest BCUT2D eigenvalue weighted by Crippen LogP contribution is -2.28. The number of hydrogen-bond acceptors (Lipinski definition) is 2. The molecule has 0 heterocycles. The van der Waals surface area contributed by atoms with Crippen LogP contribution in [0.15, 0.2) is 18.2 Å². The zero-order chi connectivity index (χ0) is 17.5. The Morgan fingerprint density at radius 1 is 0.870 bits per heavy atom. The fourth-order valence-corrected chi connectivity index (χ4v) is 3.08. The molecule has 2 heteroatoms. The Hall–Kier alpha value is -0.860. The van der Waals surface area contributed by atoms with Crippen molar-refractivity contribution in [3.05, 3.63) is 41.8 Å². The van der Waals surface area contributed by atoms with Gasteiger partial charge in [0.1, 0.15) is 0 Å². The first kappa shape index (κ1) is 20.2. The fourth-order valence-electron chi connectivity index (χ4n) is 3.08. The maximum atomic E-state index is 5.34. The van der Waals surface area contributed by atoms with Crippen LogP contribution in [0, 0.1) is 6.92 Å². The first-order valence-electron chi connectivity index (χ1n) is 8.69. The Kier molecular flexibility index (Phi) is 7.76. The number of aryl methyl sites for hydroxylation is 1.